The van der Waals surface area contributed by atoms with E-state index in [0.717, 1.165) is 6.42 Å². The molecule has 2 heterocycles. The van der Waals surface area contributed by atoms with Crippen molar-refractivity contribution >= 4 is 19.7 Å². The van der Waals surface area contributed by atoms with Gasteiger partial charge in [0.05, 0.1) is 18.8 Å². The molecule has 1 aliphatic rings. The minimum Gasteiger partial charge on any atom is -0.379 e. The Morgan fingerprint density at radius 2 is 2.43 bits per heavy atom. The lowest BCUT2D eigenvalue weighted by Crippen LogP contribution is -2.08. The Balaban J connectivity index is 2.25. The van der Waals surface area contributed by atoms with Crippen LogP contribution in [0.4, 0.5) is 0 Å². The van der Waals surface area contributed by atoms with Gasteiger partial charge in [0, 0.05) is 23.5 Å². The van der Waals surface area contributed by atoms with Crippen LogP contribution in [0.15, 0.2) is 17.3 Å². The number of hydrogen-bond donors (Lipinski definition) is 0. The number of halogens is 1. The van der Waals surface area contributed by atoms with Crippen LogP contribution >= 0.6 is 10.7 Å². The van der Waals surface area contributed by atoms with E-state index in [4.69, 9.17) is 15.4 Å². The van der Waals surface area contributed by atoms with Crippen LogP contribution in [0.2, 0.25) is 0 Å². The molecule has 7 heteroatoms. The van der Waals surface area contributed by atoms with Crippen molar-refractivity contribution in [1.29, 1.82) is 0 Å². The number of rotatable bonds is 2. The number of hydrogen-bond acceptors (Lipinski definition) is 4. The van der Waals surface area contributed by atoms with Crippen molar-refractivity contribution in [1.82, 2.24) is 9.78 Å². The number of aromatic nitrogens is 2. The quantitative estimate of drug-likeness (QED) is 0.712. The minimum atomic E-state index is -3.66. The van der Waals surface area contributed by atoms with E-state index >= 15 is 0 Å². The standard InChI is InChI=1S/C7H9ClN2O3S/c8-14(11,12)7-3-9-10(4-7)6-1-2-13-5-6/h3-4,6H,1-2,5H2/t6-/m1/s1. The third-order valence-electron chi connectivity index (χ3n) is 2.14. The van der Waals surface area contributed by atoms with Gasteiger partial charge in [-0.2, -0.15) is 5.10 Å². The highest BCUT2D eigenvalue weighted by molar-refractivity contribution is 8.13. The van der Waals surface area contributed by atoms with Crippen LogP contribution in [0, 0.1) is 0 Å². The van der Waals surface area contributed by atoms with Crippen molar-refractivity contribution in [2.45, 2.75) is 17.4 Å². The lowest BCUT2D eigenvalue weighted by atomic mass is 10.3. The topological polar surface area (TPSA) is 61.2 Å². The van der Waals surface area contributed by atoms with E-state index in [1.54, 1.807) is 4.68 Å². The highest BCUT2D eigenvalue weighted by atomic mass is 35.7. The Bertz CT molecular complexity index is 422. The molecule has 1 atom stereocenters. The fourth-order valence-electron chi connectivity index (χ4n) is 1.38. The summed E-state index contributed by atoms with van der Waals surface area (Å²) in [6.45, 7) is 1.26. The van der Waals surface area contributed by atoms with Gasteiger partial charge in [0.15, 0.2) is 0 Å². The first-order valence-corrected chi connectivity index (χ1v) is 6.45. The maximum atomic E-state index is 10.9. The first-order chi connectivity index (χ1) is 6.57. The Labute approximate surface area is 86.0 Å². The van der Waals surface area contributed by atoms with Gasteiger partial charge in [0.1, 0.15) is 4.90 Å². The molecule has 2 rings (SSSR count). The monoisotopic (exact) mass is 236 g/mol. The number of ether oxygens (including phenoxy) is 1. The molecule has 78 valence electrons. The van der Waals surface area contributed by atoms with Gasteiger partial charge in [-0.05, 0) is 6.42 Å². The molecular weight excluding hydrogens is 228 g/mol. The Morgan fingerprint density at radius 1 is 1.64 bits per heavy atom. The van der Waals surface area contributed by atoms with Crippen LogP contribution in [0.5, 0.6) is 0 Å². The SMILES string of the molecule is O=S(=O)(Cl)c1cnn([C@@H]2CCOC2)c1. The third kappa shape index (κ3) is 1.92. The zero-order chi connectivity index (χ0) is 10.2. The highest BCUT2D eigenvalue weighted by Gasteiger charge is 2.20. The molecule has 0 spiro atoms. The molecule has 0 N–H and O–H groups in total. The summed E-state index contributed by atoms with van der Waals surface area (Å²) in [4.78, 5) is 0.0334. The molecule has 1 aliphatic heterocycles. The summed E-state index contributed by atoms with van der Waals surface area (Å²) in [5.41, 5.74) is 0. The molecule has 0 saturated carbocycles. The molecule has 0 radical (unpaired) electrons. The van der Waals surface area contributed by atoms with Crippen LogP contribution in [-0.4, -0.2) is 31.4 Å². The van der Waals surface area contributed by atoms with Crippen molar-refractivity contribution in [3.63, 3.8) is 0 Å². The number of nitrogens with zero attached hydrogens (tertiary/aromatic N) is 2. The molecule has 14 heavy (non-hydrogen) atoms. The molecule has 0 unspecified atom stereocenters. The Hall–Kier alpha value is -0.590. The maximum Gasteiger partial charge on any atom is 0.264 e. The molecular formula is C7H9ClN2O3S. The summed E-state index contributed by atoms with van der Waals surface area (Å²) < 4.78 is 28.6. The highest BCUT2D eigenvalue weighted by Crippen LogP contribution is 2.20. The van der Waals surface area contributed by atoms with Gasteiger partial charge in [-0.1, -0.05) is 0 Å². The molecule has 1 saturated heterocycles. The lowest BCUT2D eigenvalue weighted by Gasteiger charge is -2.06. The zero-order valence-corrected chi connectivity index (χ0v) is 8.83. The Kier molecular flexibility index (Phi) is 2.50. The molecule has 1 aromatic rings. The smallest absolute Gasteiger partial charge is 0.264 e. The predicted octanol–water partition coefficient (Wildman–Crippen LogP) is 0.772. The maximum absolute atomic E-state index is 10.9. The van der Waals surface area contributed by atoms with Crippen molar-refractivity contribution in [2.24, 2.45) is 0 Å². The molecule has 0 aliphatic carbocycles. The first-order valence-electron chi connectivity index (χ1n) is 4.14. The van der Waals surface area contributed by atoms with Gasteiger partial charge >= 0.3 is 0 Å². The fourth-order valence-corrected chi connectivity index (χ4v) is 2.02. The largest absolute Gasteiger partial charge is 0.379 e. The van der Waals surface area contributed by atoms with Crippen molar-refractivity contribution < 1.29 is 13.2 Å². The second kappa shape index (κ2) is 3.52. The summed E-state index contributed by atoms with van der Waals surface area (Å²) in [5.74, 6) is 0. The van der Waals surface area contributed by atoms with E-state index in [0.29, 0.717) is 13.2 Å². The first kappa shape index (κ1) is 9.95. The van der Waals surface area contributed by atoms with Gasteiger partial charge in [0.2, 0.25) is 0 Å². The second-order valence-electron chi connectivity index (χ2n) is 3.11. The van der Waals surface area contributed by atoms with Crippen molar-refractivity contribution in [3.8, 4) is 0 Å². The molecule has 0 aromatic carbocycles. The normalized spacial score (nSPS) is 22.8. The average Bonchev–Trinajstić information content (AvgIpc) is 2.73. The van der Waals surface area contributed by atoms with E-state index < -0.39 is 9.05 Å². The van der Waals surface area contributed by atoms with Gasteiger partial charge in [-0.15, -0.1) is 0 Å². The van der Waals surface area contributed by atoms with Crippen LogP contribution in [0.1, 0.15) is 12.5 Å². The van der Waals surface area contributed by atoms with Crippen molar-refractivity contribution in [3.05, 3.63) is 12.4 Å². The van der Waals surface area contributed by atoms with Gasteiger partial charge in [-0.25, -0.2) is 8.42 Å². The minimum absolute atomic E-state index is 0.0334. The van der Waals surface area contributed by atoms with Crippen LogP contribution in [-0.2, 0) is 13.8 Å². The van der Waals surface area contributed by atoms with Crippen LogP contribution in [0.3, 0.4) is 0 Å². The molecule has 1 fully saturated rings. The molecule has 0 bridgehead atoms. The van der Waals surface area contributed by atoms with E-state index in [1.165, 1.54) is 12.4 Å². The van der Waals surface area contributed by atoms with E-state index in [2.05, 4.69) is 5.10 Å². The molecule has 0 amide bonds. The summed E-state index contributed by atoms with van der Waals surface area (Å²) in [6.07, 6.45) is 3.53. The zero-order valence-electron chi connectivity index (χ0n) is 7.26. The molecule has 1 aromatic heterocycles. The summed E-state index contributed by atoms with van der Waals surface area (Å²) in [5, 5.41) is 3.94. The Morgan fingerprint density at radius 3 is 2.93 bits per heavy atom. The van der Waals surface area contributed by atoms with Crippen LogP contribution < -0.4 is 0 Å². The van der Waals surface area contributed by atoms with E-state index in [9.17, 15) is 8.42 Å². The summed E-state index contributed by atoms with van der Waals surface area (Å²) in [6, 6.07) is 0.127. The lowest BCUT2D eigenvalue weighted by molar-refractivity contribution is 0.184. The van der Waals surface area contributed by atoms with Crippen LogP contribution in [0.25, 0.3) is 0 Å². The van der Waals surface area contributed by atoms with Gasteiger partial charge in [-0.3, -0.25) is 4.68 Å². The average molecular weight is 237 g/mol. The van der Waals surface area contributed by atoms with Gasteiger partial charge < -0.3 is 4.74 Å². The van der Waals surface area contributed by atoms with E-state index in [1.807, 2.05) is 0 Å². The third-order valence-corrected chi connectivity index (χ3v) is 3.45. The fraction of sp³-hybridized carbons (Fsp3) is 0.571. The second-order valence-corrected chi connectivity index (χ2v) is 5.68. The predicted molar refractivity (Wildman–Crippen MR) is 49.7 cm³/mol. The molecule has 5 nitrogen and oxygen atoms in total. The van der Waals surface area contributed by atoms with Crippen molar-refractivity contribution in [2.75, 3.05) is 13.2 Å². The van der Waals surface area contributed by atoms with Gasteiger partial charge in [0.25, 0.3) is 9.05 Å². The van der Waals surface area contributed by atoms with E-state index in [-0.39, 0.29) is 10.9 Å². The summed E-state index contributed by atoms with van der Waals surface area (Å²) >= 11 is 0. The summed E-state index contributed by atoms with van der Waals surface area (Å²) in [7, 11) is 1.50.